The van der Waals surface area contributed by atoms with Crippen LogP contribution in [0.15, 0.2) is 51.4 Å². The van der Waals surface area contributed by atoms with Crippen LogP contribution < -0.4 is 5.32 Å². The van der Waals surface area contributed by atoms with Gasteiger partial charge in [-0.25, -0.2) is 4.39 Å². The fourth-order valence-corrected chi connectivity index (χ4v) is 2.65. The summed E-state index contributed by atoms with van der Waals surface area (Å²) in [5.41, 5.74) is 1.85. The monoisotopic (exact) mass is 385 g/mol. The molecule has 1 atom stereocenters. The maximum absolute atomic E-state index is 13.9. The molecule has 0 fully saturated rings. The first-order valence-electron chi connectivity index (χ1n) is 5.97. The molecule has 0 aliphatic rings. The van der Waals surface area contributed by atoms with Crippen LogP contribution in [0.3, 0.4) is 0 Å². The summed E-state index contributed by atoms with van der Waals surface area (Å²) in [6, 6.07) is 13.1. The lowest BCUT2D eigenvalue weighted by Gasteiger charge is -2.18. The third-order valence-corrected chi connectivity index (χ3v) is 4.06. The number of halogens is 3. The lowest BCUT2D eigenvalue weighted by molar-refractivity contribution is 0.533. The van der Waals surface area contributed by atoms with Crippen LogP contribution in [0.2, 0.25) is 0 Å². The molecule has 0 radical (unpaired) electrons. The van der Waals surface area contributed by atoms with E-state index in [1.807, 2.05) is 37.4 Å². The average molecular weight is 387 g/mol. The van der Waals surface area contributed by atoms with Crippen LogP contribution in [0.5, 0.6) is 0 Å². The summed E-state index contributed by atoms with van der Waals surface area (Å²) in [5.74, 6) is -0.181. The molecule has 1 unspecified atom stereocenters. The molecule has 0 heterocycles. The van der Waals surface area contributed by atoms with Crippen molar-refractivity contribution in [2.75, 3.05) is 7.05 Å². The highest BCUT2D eigenvalue weighted by Gasteiger charge is 2.15. The summed E-state index contributed by atoms with van der Waals surface area (Å²) in [6.45, 7) is 0. The van der Waals surface area contributed by atoms with Crippen molar-refractivity contribution in [1.82, 2.24) is 5.32 Å². The van der Waals surface area contributed by atoms with E-state index >= 15 is 0 Å². The first kappa shape index (κ1) is 14.7. The fourth-order valence-electron chi connectivity index (χ4n) is 2.01. The first-order chi connectivity index (χ1) is 9.10. The number of nitrogens with one attached hydrogen (secondary N) is 1. The smallest absolute Gasteiger partial charge is 0.128 e. The Labute approximate surface area is 129 Å². The predicted octanol–water partition coefficient (Wildman–Crippen LogP) is 4.85. The lowest BCUT2D eigenvalue weighted by atomic mass is 9.98. The molecule has 0 saturated carbocycles. The third-order valence-electron chi connectivity index (χ3n) is 3.04. The second-order valence-corrected chi connectivity index (χ2v) is 6.17. The molecule has 100 valence electrons. The minimum absolute atomic E-state index is 0.0429. The minimum atomic E-state index is -0.181. The van der Waals surface area contributed by atoms with E-state index in [1.54, 1.807) is 6.07 Å². The van der Waals surface area contributed by atoms with Gasteiger partial charge in [-0.2, -0.15) is 0 Å². The molecule has 0 bridgehead atoms. The van der Waals surface area contributed by atoms with Gasteiger partial charge in [0.25, 0.3) is 0 Å². The van der Waals surface area contributed by atoms with Gasteiger partial charge in [-0.15, -0.1) is 0 Å². The summed E-state index contributed by atoms with van der Waals surface area (Å²) >= 11 is 6.80. The molecule has 1 nitrogen and oxygen atoms in total. The zero-order valence-electron chi connectivity index (χ0n) is 10.5. The lowest BCUT2D eigenvalue weighted by Crippen LogP contribution is -2.20. The SMILES string of the molecule is CNC(Cc1ccc(Br)cc1)c1cc(Br)ccc1F. The van der Waals surface area contributed by atoms with E-state index in [0.717, 1.165) is 15.4 Å². The van der Waals surface area contributed by atoms with Crippen molar-refractivity contribution in [2.45, 2.75) is 12.5 Å². The van der Waals surface area contributed by atoms with E-state index in [0.29, 0.717) is 5.56 Å². The first-order valence-corrected chi connectivity index (χ1v) is 7.55. The van der Waals surface area contributed by atoms with E-state index < -0.39 is 0 Å². The second-order valence-electron chi connectivity index (χ2n) is 4.34. The van der Waals surface area contributed by atoms with Crippen molar-refractivity contribution >= 4 is 31.9 Å². The molecule has 0 amide bonds. The molecule has 4 heteroatoms. The van der Waals surface area contributed by atoms with Gasteiger partial charge < -0.3 is 5.32 Å². The Hall–Kier alpha value is -0.710. The van der Waals surface area contributed by atoms with Crippen molar-refractivity contribution in [3.05, 3.63) is 68.4 Å². The fraction of sp³-hybridized carbons (Fsp3) is 0.200. The number of hydrogen-bond donors (Lipinski definition) is 1. The molecule has 0 aliphatic heterocycles. The molecule has 2 aromatic rings. The van der Waals surface area contributed by atoms with Crippen LogP contribution >= 0.6 is 31.9 Å². The minimum Gasteiger partial charge on any atom is -0.313 e. The number of rotatable bonds is 4. The molecule has 2 aromatic carbocycles. The Morgan fingerprint density at radius 1 is 1.05 bits per heavy atom. The van der Waals surface area contributed by atoms with E-state index in [2.05, 4.69) is 37.2 Å². The standard InChI is InChI=1S/C15H14Br2FN/c1-19-15(8-10-2-4-11(16)5-3-10)13-9-12(17)6-7-14(13)18/h2-7,9,15,19H,8H2,1H3. The zero-order valence-corrected chi connectivity index (χ0v) is 13.6. The van der Waals surface area contributed by atoms with Crippen molar-refractivity contribution in [1.29, 1.82) is 0 Å². The van der Waals surface area contributed by atoms with E-state index in [9.17, 15) is 4.39 Å². The van der Waals surface area contributed by atoms with Crippen molar-refractivity contribution < 1.29 is 4.39 Å². The number of benzene rings is 2. The third kappa shape index (κ3) is 3.88. The Balaban J connectivity index is 2.24. The maximum atomic E-state index is 13.9. The Bertz CT molecular complexity index is 555. The molecule has 0 aliphatic carbocycles. The topological polar surface area (TPSA) is 12.0 Å². The van der Waals surface area contributed by atoms with Gasteiger partial charge in [-0.3, -0.25) is 0 Å². The van der Waals surface area contributed by atoms with E-state index in [4.69, 9.17) is 0 Å². The average Bonchev–Trinajstić information content (AvgIpc) is 2.41. The van der Waals surface area contributed by atoms with Gasteiger partial charge in [0.1, 0.15) is 5.82 Å². The highest BCUT2D eigenvalue weighted by atomic mass is 79.9. The summed E-state index contributed by atoms with van der Waals surface area (Å²) in [6.07, 6.45) is 0.747. The van der Waals surface area contributed by atoms with Crippen LogP contribution in [-0.2, 0) is 6.42 Å². The van der Waals surface area contributed by atoms with Gasteiger partial charge in [0.2, 0.25) is 0 Å². The van der Waals surface area contributed by atoms with Crippen molar-refractivity contribution in [3.63, 3.8) is 0 Å². The van der Waals surface area contributed by atoms with Gasteiger partial charge in [0, 0.05) is 20.6 Å². The molecular weight excluding hydrogens is 373 g/mol. The normalized spacial score (nSPS) is 12.4. The van der Waals surface area contributed by atoms with Gasteiger partial charge in [0.15, 0.2) is 0 Å². The predicted molar refractivity (Wildman–Crippen MR) is 83.7 cm³/mol. The summed E-state index contributed by atoms with van der Waals surface area (Å²) in [7, 11) is 1.85. The highest BCUT2D eigenvalue weighted by molar-refractivity contribution is 9.10. The van der Waals surface area contributed by atoms with Gasteiger partial charge in [-0.1, -0.05) is 44.0 Å². The molecule has 2 rings (SSSR count). The molecule has 0 saturated heterocycles. The maximum Gasteiger partial charge on any atom is 0.128 e. The molecular formula is C15H14Br2FN. The van der Waals surface area contributed by atoms with Gasteiger partial charge >= 0.3 is 0 Å². The van der Waals surface area contributed by atoms with Gasteiger partial charge in [0.05, 0.1) is 0 Å². The summed E-state index contributed by atoms with van der Waals surface area (Å²) in [4.78, 5) is 0. The number of hydrogen-bond acceptors (Lipinski definition) is 1. The summed E-state index contributed by atoms with van der Waals surface area (Å²) in [5, 5.41) is 3.18. The van der Waals surface area contributed by atoms with Crippen LogP contribution in [0, 0.1) is 5.82 Å². The van der Waals surface area contributed by atoms with Crippen LogP contribution in [0.4, 0.5) is 4.39 Å². The largest absolute Gasteiger partial charge is 0.313 e. The molecule has 19 heavy (non-hydrogen) atoms. The Kier molecular flexibility index (Phi) is 5.13. The van der Waals surface area contributed by atoms with Crippen LogP contribution in [0.25, 0.3) is 0 Å². The van der Waals surface area contributed by atoms with E-state index in [-0.39, 0.29) is 11.9 Å². The quantitative estimate of drug-likeness (QED) is 0.791. The molecule has 1 N–H and O–H groups in total. The summed E-state index contributed by atoms with van der Waals surface area (Å²) < 4.78 is 15.8. The Morgan fingerprint density at radius 2 is 1.68 bits per heavy atom. The van der Waals surface area contributed by atoms with Crippen LogP contribution in [0.1, 0.15) is 17.2 Å². The zero-order chi connectivity index (χ0) is 13.8. The van der Waals surface area contributed by atoms with Crippen molar-refractivity contribution in [2.24, 2.45) is 0 Å². The molecule has 0 aromatic heterocycles. The Morgan fingerprint density at radius 3 is 2.32 bits per heavy atom. The highest BCUT2D eigenvalue weighted by Crippen LogP contribution is 2.25. The van der Waals surface area contributed by atoms with E-state index in [1.165, 1.54) is 11.6 Å². The van der Waals surface area contributed by atoms with Crippen molar-refractivity contribution in [3.8, 4) is 0 Å². The second kappa shape index (κ2) is 6.64. The van der Waals surface area contributed by atoms with Gasteiger partial charge in [-0.05, 0) is 49.4 Å². The number of likely N-dealkylation sites (N-methyl/N-ethyl adjacent to an activating group) is 1. The molecule has 0 spiro atoms. The van der Waals surface area contributed by atoms with Crippen LogP contribution in [-0.4, -0.2) is 7.05 Å².